The predicted molar refractivity (Wildman–Crippen MR) is 83.7 cm³/mol. The van der Waals surface area contributed by atoms with Gasteiger partial charge in [-0.2, -0.15) is 0 Å². The fourth-order valence-corrected chi connectivity index (χ4v) is 3.36. The molecule has 0 amide bonds. The summed E-state index contributed by atoms with van der Waals surface area (Å²) in [6, 6.07) is 7.87. The topological polar surface area (TPSA) is 43.1 Å². The Hall–Kier alpha value is -0.650. The van der Waals surface area contributed by atoms with E-state index in [1.54, 1.807) is 18.2 Å². The lowest BCUT2D eigenvalue weighted by molar-refractivity contribution is -0.384. The first kappa shape index (κ1) is 15.7. The standard InChI is InChI=1S/C12H5Cl4NO2S/c13-6-1-3-9(7(14)5-6)20-10-4-2-8(17(18)19)11(15)12(10)16/h1-5H. The lowest BCUT2D eigenvalue weighted by atomic mass is 10.3. The Morgan fingerprint density at radius 3 is 2.20 bits per heavy atom. The van der Waals surface area contributed by atoms with E-state index in [1.165, 1.54) is 23.9 Å². The van der Waals surface area contributed by atoms with Crippen molar-refractivity contribution in [2.45, 2.75) is 9.79 Å². The molecule has 2 aromatic rings. The van der Waals surface area contributed by atoms with E-state index in [0.717, 1.165) is 4.90 Å². The summed E-state index contributed by atoms with van der Waals surface area (Å²) < 4.78 is 0. The van der Waals surface area contributed by atoms with Crippen LogP contribution in [0.4, 0.5) is 5.69 Å². The van der Waals surface area contributed by atoms with Crippen molar-refractivity contribution < 1.29 is 4.92 Å². The molecule has 0 spiro atoms. The predicted octanol–water partition coefficient (Wildman–Crippen LogP) is 6.36. The summed E-state index contributed by atoms with van der Waals surface area (Å²) in [5.74, 6) is 0. The van der Waals surface area contributed by atoms with Gasteiger partial charge in [-0.3, -0.25) is 10.1 Å². The molecule has 8 heteroatoms. The van der Waals surface area contributed by atoms with Gasteiger partial charge in [0, 0.05) is 20.9 Å². The number of hydrogen-bond donors (Lipinski definition) is 0. The molecule has 0 heterocycles. The third-order valence-electron chi connectivity index (χ3n) is 2.34. The van der Waals surface area contributed by atoms with Gasteiger partial charge in [-0.25, -0.2) is 0 Å². The van der Waals surface area contributed by atoms with Gasteiger partial charge < -0.3 is 0 Å². The maximum absolute atomic E-state index is 10.8. The molecular formula is C12H5Cl4NO2S. The zero-order valence-corrected chi connectivity index (χ0v) is 13.4. The average molecular weight is 369 g/mol. The van der Waals surface area contributed by atoms with Gasteiger partial charge in [-0.15, -0.1) is 0 Å². The van der Waals surface area contributed by atoms with Crippen LogP contribution in [-0.2, 0) is 0 Å². The summed E-state index contributed by atoms with van der Waals surface area (Å²) in [5.41, 5.74) is -0.233. The zero-order chi connectivity index (χ0) is 14.9. The van der Waals surface area contributed by atoms with Gasteiger partial charge in [-0.05, 0) is 24.3 Å². The van der Waals surface area contributed by atoms with Crippen LogP contribution < -0.4 is 0 Å². The number of nitrogens with zero attached hydrogens (tertiary/aromatic N) is 1. The largest absolute Gasteiger partial charge is 0.289 e. The molecule has 0 saturated carbocycles. The minimum absolute atomic E-state index is 0.0910. The molecule has 0 aromatic heterocycles. The van der Waals surface area contributed by atoms with Gasteiger partial charge in [0.25, 0.3) is 5.69 Å². The van der Waals surface area contributed by atoms with Crippen LogP contribution in [0.1, 0.15) is 0 Å². The molecule has 104 valence electrons. The maximum atomic E-state index is 10.8. The minimum atomic E-state index is -0.585. The van der Waals surface area contributed by atoms with E-state index in [4.69, 9.17) is 46.4 Å². The molecule has 0 unspecified atom stereocenters. The Labute approximate surface area is 138 Å². The van der Waals surface area contributed by atoms with E-state index in [9.17, 15) is 10.1 Å². The highest BCUT2D eigenvalue weighted by atomic mass is 35.5. The second kappa shape index (κ2) is 6.41. The van der Waals surface area contributed by atoms with Crippen LogP contribution in [0.3, 0.4) is 0 Å². The monoisotopic (exact) mass is 367 g/mol. The van der Waals surface area contributed by atoms with Crippen molar-refractivity contribution in [3.63, 3.8) is 0 Å². The molecule has 0 fully saturated rings. The average Bonchev–Trinajstić information content (AvgIpc) is 2.37. The molecule has 0 radical (unpaired) electrons. The fraction of sp³-hybridized carbons (Fsp3) is 0. The van der Waals surface area contributed by atoms with Crippen molar-refractivity contribution in [2.75, 3.05) is 0 Å². The van der Waals surface area contributed by atoms with Crippen LogP contribution >= 0.6 is 58.2 Å². The van der Waals surface area contributed by atoms with Crippen LogP contribution in [0, 0.1) is 10.1 Å². The summed E-state index contributed by atoms with van der Waals surface area (Å²) in [5, 5.41) is 11.8. The second-order valence-electron chi connectivity index (χ2n) is 3.64. The number of benzene rings is 2. The zero-order valence-electron chi connectivity index (χ0n) is 9.57. The van der Waals surface area contributed by atoms with Crippen LogP contribution in [0.25, 0.3) is 0 Å². The summed E-state index contributed by atoms with van der Waals surface area (Å²) >= 11 is 25.1. The highest BCUT2D eigenvalue weighted by Gasteiger charge is 2.19. The molecule has 0 N–H and O–H groups in total. The number of halogens is 4. The third kappa shape index (κ3) is 3.32. The maximum Gasteiger partial charge on any atom is 0.289 e. The number of nitro benzene ring substituents is 1. The Morgan fingerprint density at radius 2 is 1.60 bits per heavy atom. The number of rotatable bonds is 3. The first-order valence-electron chi connectivity index (χ1n) is 5.15. The van der Waals surface area contributed by atoms with E-state index >= 15 is 0 Å². The van der Waals surface area contributed by atoms with Gasteiger partial charge >= 0.3 is 0 Å². The van der Waals surface area contributed by atoms with Crippen molar-refractivity contribution in [1.29, 1.82) is 0 Å². The summed E-state index contributed by atoms with van der Waals surface area (Å²) in [6.07, 6.45) is 0. The molecule has 3 nitrogen and oxygen atoms in total. The number of nitro groups is 1. The molecule has 0 saturated heterocycles. The van der Waals surface area contributed by atoms with E-state index in [2.05, 4.69) is 0 Å². The SMILES string of the molecule is O=[N+]([O-])c1ccc(Sc2ccc(Cl)cc2Cl)c(Cl)c1Cl. The smallest absolute Gasteiger partial charge is 0.258 e. The Kier molecular flexibility index (Phi) is 5.04. The first-order chi connectivity index (χ1) is 9.40. The molecule has 0 atom stereocenters. The fourth-order valence-electron chi connectivity index (χ4n) is 1.42. The van der Waals surface area contributed by atoms with Crippen LogP contribution in [-0.4, -0.2) is 4.92 Å². The van der Waals surface area contributed by atoms with Crippen LogP contribution in [0.5, 0.6) is 0 Å². The Balaban J connectivity index is 2.39. The molecule has 0 aliphatic carbocycles. The van der Waals surface area contributed by atoms with Crippen LogP contribution in [0.2, 0.25) is 20.1 Å². The molecule has 2 rings (SSSR count). The summed E-state index contributed by atoms with van der Waals surface area (Å²) in [4.78, 5) is 11.5. The third-order valence-corrected chi connectivity index (χ3v) is 5.12. The van der Waals surface area contributed by atoms with Gasteiger partial charge in [-0.1, -0.05) is 58.2 Å². The molecule has 0 aliphatic rings. The molecule has 0 aliphatic heterocycles. The van der Waals surface area contributed by atoms with E-state index in [0.29, 0.717) is 14.9 Å². The van der Waals surface area contributed by atoms with Gasteiger partial charge in [0.05, 0.1) is 15.0 Å². The number of hydrogen-bond acceptors (Lipinski definition) is 3. The van der Waals surface area contributed by atoms with Crippen molar-refractivity contribution in [3.8, 4) is 0 Å². The quantitative estimate of drug-likeness (QED) is 0.467. The molecule has 20 heavy (non-hydrogen) atoms. The summed E-state index contributed by atoms with van der Waals surface area (Å²) in [6.45, 7) is 0. The summed E-state index contributed by atoms with van der Waals surface area (Å²) in [7, 11) is 0. The van der Waals surface area contributed by atoms with E-state index in [-0.39, 0.29) is 15.7 Å². The normalized spacial score (nSPS) is 10.6. The van der Waals surface area contributed by atoms with Crippen LogP contribution in [0.15, 0.2) is 40.1 Å². The highest BCUT2D eigenvalue weighted by Crippen LogP contribution is 2.43. The van der Waals surface area contributed by atoms with E-state index < -0.39 is 4.92 Å². The lowest BCUT2D eigenvalue weighted by Gasteiger charge is -2.07. The lowest BCUT2D eigenvalue weighted by Crippen LogP contribution is -1.90. The van der Waals surface area contributed by atoms with Crippen molar-refractivity contribution in [2.24, 2.45) is 0 Å². The molecule has 2 aromatic carbocycles. The van der Waals surface area contributed by atoms with Crippen molar-refractivity contribution >= 4 is 63.9 Å². The second-order valence-corrected chi connectivity index (χ2v) is 6.33. The Bertz CT molecular complexity index is 693. The Morgan fingerprint density at radius 1 is 0.950 bits per heavy atom. The van der Waals surface area contributed by atoms with E-state index in [1.807, 2.05) is 0 Å². The first-order valence-corrected chi connectivity index (χ1v) is 7.48. The van der Waals surface area contributed by atoms with Crippen molar-refractivity contribution in [3.05, 3.63) is 60.5 Å². The van der Waals surface area contributed by atoms with Gasteiger partial charge in [0.1, 0.15) is 5.02 Å². The van der Waals surface area contributed by atoms with Crippen molar-refractivity contribution in [1.82, 2.24) is 0 Å². The molecular weight excluding hydrogens is 364 g/mol. The highest BCUT2D eigenvalue weighted by molar-refractivity contribution is 7.99. The van der Waals surface area contributed by atoms with Gasteiger partial charge in [0.2, 0.25) is 0 Å². The van der Waals surface area contributed by atoms with Gasteiger partial charge in [0.15, 0.2) is 0 Å². The minimum Gasteiger partial charge on any atom is -0.258 e. The molecule has 0 bridgehead atoms.